The molecule has 0 saturated heterocycles. The van der Waals surface area contributed by atoms with E-state index in [1.54, 1.807) is 7.11 Å². The van der Waals surface area contributed by atoms with Crippen molar-refractivity contribution in [3.63, 3.8) is 0 Å². The molecular formula is C19H15N3O. The van der Waals surface area contributed by atoms with Gasteiger partial charge in [0.15, 0.2) is 5.65 Å². The molecule has 23 heavy (non-hydrogen) atoms. The minimum atomic E-state index is 0.834. The average Bonchev–Trinajstić information content (AvgIpc) is 3.05. The molecule has 4 heteroatoms. The molecule has 0 fully saturated rings. The van der Waals surface area contributed by atoms with Crippen LogP contribution in [0.3, 0.4) is 0 Å². The van der Waals surface area contributed by atoms with E-state index >= 15 is 0 Å². The number of hydrogen-bond acceptors (Lipinski definition) is 3. The average molecular weight is 301 g/mol. The van der Waals surface area contributed by atoms with Gasteiger partial charge < -0.3 is 4.74 Å². The molecule has 0 saturated carbocycles. The van der Waals surface area contributed by atoms with Gasteiger partial charge in [-0.25, -0.2) is 9.50 Å². The third-order valence-electron chi connectivity index (χ3n) is 3.82. The van der Waals surface area contributed by atoms with Gasteiger partial charge >= 0.3 is 0 Å². The molecule has 0 aliphatic heterocycles. The Kier molecular flexibility index (Phi) is 3.27. The first-order chi connectivity index (χ1) is 11.3. The summed E-state index contributed by atoms with van der Waals surface area (Å²) < 4.78 is 7.09. The third kappa shape index (κ3) is 2.44. The SMILES string of the molecule is COc1ccc(-c2ccc3ncc(-c4ccccc4)n3n2)cc1. The van der Waals surface area contributed by atoms with E-state index in [1.807, 2.05) is 65.3 Å². The summed E-state index contributed by atoms with van der Waals surface area (Å²) in [6.45, 7) is 0. The zero-order chi connectivity index (χ0) is 15.6. The molecule has 0 amide bonds. The summed E-state index contributed by atoms with van der Waals surface area (Å²) in [4.78, 5) is 4.44. The van der Waals surface area contributed by atoms with Crippen LogP contribution in [0.5, 0.6) is 5.75 Å². The van der Waals surface area contributed by atoms with Gasteiger partial charge in [-0.1, -0.05) is 30.3 Å². The fourth-order valence-corrected chi connectivity index (χ4v) is 2.59. The van der Waals surface area contributed by atoms with Crippen molar-refractivity contribution in [2.24, 2.45) is 0 Å². The molecule has 2 aromatic heterocycles. The molecule has 0 aliphatic rings. The fraction of sp³-hybridized carbons (Fsp3) is 0.0526. The van der Waals surface area contributed by atoms with E-state index in [4.69, 9.17) is 9.84 Å². The Balaban J connectivity index is 1.83. The largest absolute Gasteiger partial charge is 0.497 e. The first-order valence-electron chi connectivity index (χ1n) is 7.40. The van der Waals surface area contributed by atoms with Crippen molar-refractivity contribution in [2.45, 2.75) is 0 Å². The topological polar surface area (TPSA) is 39.4 Å². The minimum Gasteiger partial charge on any atom is -0.497 e. The van der Waals surface area contributed by atoms with Gasteiger partial charge in [-0.2, -0.15) is 5.10 Å². The second-order valence-corrected chi connectivity index (χ2v) is 5.23. The number of fused-ring (bicyclic) bond motifs is 1. The van der Waals surface area contributed by atoms with Gasteiger partial charge in [-0.15, -0.1) is 0 Å². The number of rotatable bonds is 3. The van der Waals surface area contributed by atoms with Crippen molar-refractivity contribution >= 4 is 5.65 Å². The molecule has 0 spiro atoms. The summed E-state index contributed by atoms with van der Waals surface area (Å²) >= 11 is 0. The highest BCUT2D eigenvalue weighted by Gasteiger charge is 2.08. The van der Waals surface area contributed by atoms with Crippen molar-refractivity contribution in [3.05, 3.63) is 72.9 Å². The molecule has 4 nitrogen and oxygen atoms in total. The van der Waals surface area contributed by atoms with Gasteiger partial charge in [0.05, 0.1) is 24.7 Å². The number of benzene rings is 2. The van der Waals surface area contributed by atoms with Crippen molar-refractivity contribution in [2.75, 3.05) is 7.11 Å². The number of nitrogens with zero attached hydrogens (tertiary/aromatic N) is 3. The van der Waals surface area contributed by atoms with E-state index in [0.29, 0.717) is 0 Å². The minimum absolute atomic E-state index is 0.834. The number of methoxy groups -OCH3 is 1. The summed E-state index contributed by atoms with van der Waals surface area (Å²) in [7, 11) is 1.66. The summed E-state index contributed by atoms with van der Waals surface area (Å²) in [6, 6.07) is 22.0. The lowest BCUT2D eigenvalue weighted by molar-refractivity contribution is 0.415. The molecule has 0 radical (unpaired) electrons. The summed E-state index contributed by atoms with van der Waals surface area (Å²) in [6.07, 6.45) is 1.86. The molecule has 0 bridgehead atoms. The van der Waals surface area contributed by atoms with Crippen LogP contribution < -0.4 is 4.74 Å². The lowest BCUT2D eigenvalue weighted by Crippen LogP contribution is -1.96. The number of aromatic nitrogens is 3. The molecule has 0 unspecified atom stereocenters. The van der Waals surface area contributed by atoms with Gasteiger partial charge in [0.25, 0.3) is 0 Å². The number of hydrogen-bond donors (Lipinski definition) is 0. The third-order valence-corrected chi connectivity index (χ3v) is 3.82. The van der Waals surface area contributed by atoms with Crippen LogP contribution in [-0.4, -0.2) is 21.7 Å². The van der Waals surface area contributed by atoms with Crippen LogP contribution in [0, 0.1) is 0 Å². The Hall–Kier alpha value is -3.14. The Labute approximate surface area is 134 Å². The summed E-state index contributed by atoms with van der Waals surface area (Å²) in [5, 5.41) is 4.75. The zero-order valence-corrected chi connectivity index (χ0v) is 12.7. The predicted octanol–water partition coefficient (Wildman–Crippen LogP) is 4.07. The van der Waals surface area contributed by atoms with Crippen molar-refractivity contribution in [1.29, 1.82) is 0 Å². The number of ether oxygens (including phenoxy) is 1. The van der Waals surface area contributed by atoms with E-state index in [2.05, 4.69) is 17.1 Å². The molecule has 4 aromatic rings. The second kappa shape index (κ2) is 5.57. The number of imidazole rings is 1. The van der Waals surface area contributed by atoms with Gasteiger partial charge in [-0.05, 0) is 36.4 Å². The Morgan fingerprint density at radius 2 is 1.61 bits per heavy atom. The first-order valence-corrected chi connectivity index (χ1v) is 7.40. The van der Waals surface area contributed by atoms with Gasteiger partial charge in [-0.3, -0.25) is 0 Å². The first kappa shape index (κ1) is 13.5. The molecule has 112 valence electrons. The molecule has 0 aliphatic carbocycles. The molecule has 4 rings (SSSR count). The van der Waals surface area contributed by atoms with Crippen LogP contribution >= 0.6 is 0 Å². The maximum Gasteiger partial charge on any atom is 0.154 e. The van der Waals surface area contributed by atoms with Crippen LogP contribution in [0.15, 0.2) is 72.9 Å². The van der Waals surface area contributed by atoms with E-state index < -0.39 is 0 Å². The maximum absolute atomic E-state index is 5.20. The van der Waals surface area contributed by atoms with Crippen LogP contribution in [0.1, 0.15) is 0 Å². The van der Waals surface area contributed by atoms with E-state index in [9.17, 15) is 0 Å². The molecule has 2 aromatic carbocycles. The van der Waals surface area contributed by atoms with E-state index in [1.165, 1.54) is 0 Å². The van der Waals surface area contributed by atoms with Gasteiger partial charge in [0.1, 0.15) is 5.75 Å². The van der Waals surface area contributed by atoms with Crippen LogP contribution in [-0.2, 0) is 0 Å². The lowest BCUT2D eigenvalue weighted by atomic mass is 10.1. The fourth-order valence-electron chi connectivity index (χ4n) is 2.59. The smallest absolute Gasteiger partial charge is 0.154 e. The van der Waals surface area contributed by atoms with Crippen molar-refractivity contribution in [1.82, 2.24) is 14.6 Å². The molecule has 0 N–H and O–H groups in total. The van der Waals surface area contributed by atoms with Crippen LogP contribution in [0.25, 0.3) is 28.2 Å². The Morgan fingerprint density at radius 3 is 2.35 bits per heavy atom. The second-order valence-electron chi connectivity index (χ2n) is 5.23. The Bertz CT molecular complexity index is 943. The summed E-state index contributed by atoms with van der Waals surface area (Å²) in [5.74, 6) is 0.836. The van der Waals surface area contributed by atoms with Gasteiger partial charge in [0.2, 0.25) is 0 Å². The van der Waals surface area contributed by atoms with E-state index in [-0.39, 0.29) is 0 Å². The highest BCUT2D eigenvalue weighted by molar-refractivity contribution is 5.66. The maximum atomic E-state index is 5.20. The molecular weight excluding hydrogens is 286 g/mol. The Morgan fingerprint density at radius 1 is 0.826 bits per heavy atom. The highest BCUT2D eigenvalue weighted by Crippen LogP contribution is 2.24. The van der Waals surface area contributed by atoms with E-state index in [0.717, 1.165) is 33.9 Å². The molecule has 0 atom stereocenters. The zero-order valence-electron chi connectivity index (χ0n) is 12.7. The highest BCUT2D eigenvalue weighted by atomic mass is 16.5. The van der Waals surface area contributed by atoms with Gasteiger partial charge in [0, 0.05) is 11.1 Å². The standard InChI is InChI=1S/C19H15N3O/c1-23-16-9-7-14(8-10-16)17-11-12-19-20-13-18(22(19)21-17)15-5-3-2-4-6-15/h2-13H,1H3. The van der Waals surface area contributed by atoms with Crippen LogP contribution in [0.2, 0.25) is 0 Å². The molecule has 2 heterocycles. The van der Waals surface area contributed by atoms with Crippen LogP contribution in [0.4, 0.5) is 0 Å². The van der Waals surface area contributed by atoms with Crippen molar-refractivity contribution < 1.29 is 4.74 Å². The van der Waals surface area contributed by atoms with Crippen molar-refractivity contribution in [3.8, 4) is 28.3 Å². The summed E-state index contributed by atoms with van der Waals surface area (Å²) in [5.41, 5.74) is 4.85. The predicted molar refractivity (Wildman–Crippen MR) is 90.4 cm³/mol. The normalized spacial score (nSPS) is 10.8. The lowest BCUT2D eigenvalue weighted by Gasteiger charge is -2.05. The quantitative estimate of drug-likeness (QED) is 0.572. The monoisotopic (exact) mass is 301 g/mol.